The molecule has 2 unspecified atom stereocenters. The lowest BCUT2D eigenvalue weighted by atomic mass is 10.0. The first-order chi connectivity index (χ1) is 33.0. The molecule has 0 saturated heterocycles. The number of likely N-dealkylation sites (N-methyl/N-ethyl adjacent to an activating group) is 1. The minimum Gasteiger partial charge on any atom is -0.756 e. The highest BCUT2D eigenvalue weighted by Crippen LogP contribution is 2.38. The van der Waals surface area contributed by atoms with Crippen molar-refractivity contribution in [3.05, 3.63) is 48.6 Å². The van der Waals surface area contributed by atoms with Crippen LogP contribution in [0.5, 0.6) is 0 Å². The van der Waals surface area contributed by atoms with E-state index in [-0.39, 0.29) is 32.0 Å². The molecule has 0 fully saturated rings. The summed E-state index contributed by atoms with van der Waals surface area (Å²) in [5, 5.41) is 0. The Morgan fingerprint density at radius 2 is 0.794 bits per heavy atom. The number of phosphoric ester groups is 1. The zero-order valence-corrected chi connectivity index (χ0v) is 45.9. The number of carbonyl (C=O) groups is 2. The molecular weight excluding hydrogens is 870 g/mol. The van der Waals surface area contributed by atoms with Crippen molar-refractivity contribution in [3.8, 4) is 0 Å². The van der Waals surface area contributed by atoms with Gasteiger partial charge in [0.2, 0.25) is 0 Å². The van der Waals surface area contributed by atoms with Crippen LogP contribution in [0.3, 0.4) is 0 Å². The Bertz CT molecular complexity index is 1290. The summed E-state index contributed by atoms with van der Waals surface area (Å²) < 4.78 is 34.1. The summed E-state index contributed by atoms with van der Waals surface area (Å²) in [7, 11) is 1.17. The monoisotopic (exact) mass is 978 g/mol. The third-order valence-electron chi connectivity index (χ3n) is 12.3. The van der Waals surface area contributed by atoms with Crippen LogP contribution in [0.1, 0.15) is 258 Å². The molecule has 0 rings (SSSR count). The lowest BCUT2D eigenvalue weighted by Crippen LogP contribution is -2.37. The van der Waals surface area contributed by atoms with Gasteiger partial charge in [-0.25, -0.2) is 0 Å². The second-order valence-corrected chi connectivity index (χ2v) is 21.7. The van der Waals surface area contributed by atoms with Gasteiger partial charge in [0.1, 0.15) is 19.8 Å². The second-order valence-electron chi connectivity index (χ2n) is 20.3. The van der Waals surface area contributed by atoms with Crippen LogP contribution >= 0.6 is 7.82 Å². The van der Waals surface area contributed by atoms with Crippen LogP contribution in [-0.4, -0.2) is 70.0 Å². The molecule has 0 aromatic heterocycles. The van der Waals surface area contributed by atoms with Crippen LogP contribution in [-0.2, 0) is 32.7 Å². The summed E-state index contributed by atoms with van der Waals surface area (Å²) in [6.07, 6.45) is 61.4. The number of hydrogen-bond donors (Lipinski definition) is 0. The van der Waals surface area contributed by atoms with Gasteiger partial charge in [0, 0.05) is 12.8 Å². The van der Waals surface area contributed by atoms with Gasteiger partial charge in [-0.1, -0.05) is 217 Å². The molecule has 0 heterocycles. The lowest BCUT2D eigenvalue weighted by Gasteiger charge is -2.28. The van der Waals surface area contributed by atoms with Gasteiger partial charge in [-0.05, 0) is 77.0 Å². The van der Waals surface area contributed by atoms with E-state index in [1.165, 1.54) is 167 Å². The zero-order valence-electron chi connectivity index (χ0n) is 45.1. The van der Waals surface area contributed by atoms with Gasteiger partial charge in [-0.15, -0.1) is 0 Å². The number of esters is 2. The molecule has 10 heteroatoms. The largest absolute Gasteiger partial charge is 0.756 e. The Labute approximate surface area is 420 Å². The Hall–Kier alpha value is -2.03. The fraction of sp³-hybridized carbons (Fsp3) is 0.828. The summed E-state index contributed by atoms with van der Waals surface area (Å²) in [5.41, 5.74) is 0. The summed E-state index contributed by atoms with van der Waals surface area (Å²) in [4.78, 5) is 37.8. The van der Waals surface area contributed by atoms with E-state index in [2.05, 4.69) is 62.5 Å². The van der Waals surface area contributed by atoms with Gasteiger partial charge in [-0.3, -0.25) is 14.2 Å². The number of ether oxygens (including phenoxy) is 2. The fourth-order valence-corrected chi connectivity index (χ4v) is 8.62. The van der Waals surface area contributed by atoms with Gasteiger partial charge >= 0.3 is 11.9 Å². The Kier molecular flexibility index (Phi) is 48.4. The van der Waals surface area contributed by atoms with Crippen LogP contribution in [0, 0.1) is 0 Å². The number of carbonyl (C=O) groups excluding carboxylic acids is 2. The number of allylic oxidation sites excluding steroid dienone is 8. The van der Waals surface area contributed by atoms with Crippen molar-refractivity contribution in [2.45, 2.75) is 264 Å². The van der Waals surface area contributed by atoms with Crippen molar-refractivity contribution in [2.75, 3.05) is 47.5 Å². The van der Waals surface area contributed by atoms with Crippen LogP contribution in [0.15, 0.2) is 48.6 Å². The van der Waals surface area contributed by atoms with Crippen LogP contribution in [0.2, 0.25) is 0 Å². The maximum atomic E-state index is 12.8. The molecule has 0 aliphatic carbocycles. The van der Waals surface area contributed by atoms with E-state index in [4.69, 9.17) is 18.5 Å². The van der Waals surface area contributed by atoms with E-state index in [9.17, 15) is 19.0 Å². The maximum absolute atomic E-state index is 12.8. The lowest BCUT2D eigenvalue weighted by molar-refractivity contribution is -0.870. The number of rotatable bonds is 52. The molecular formula is C58H108NO8P. The zero-order chi connectivity index (χ0) is 49.9. The predicted octanol–water partition coefficient (Wildman–Crippen LogP) is 16.7. The van der Waals surface area contributed by atoms with Gasteiger partial charge in [0.15, 0.2) is 6.10 Å². The number of unbranched alkanes of at least 4 members (excludes halogenated alkanes) is 30. The van der Waals surface area contributed by atoms with Crippen LogP contribution < -0.4 is 4.89 Å². The van der Waals surface area contributed by atoms with Crippen molar-refractivity contribution >= 4 is 19.8 Å². The summed E-state index contributed by atoms with van der Waals surface area (Å²) >= 11 is 0. The van der Waals surface area contributed by atoms with Crippen molar-refractivity contribution in [1.82, 2.24) is 0 Å². The smallest absolute Gasteiger partial charge is 0.306 e. The first kappa shape index (κ1) is 66.0. The van der Waals surface area contributed by atoms with E-state index < -0.39 is 26.5 Å². The summed E-state index contributed by atoms with van der Waals surface area (Å²) in [6, 6.07) is 0. The first-order valence-corrected chi connectivity index (χ1v) is 29.8. The van der Waals surface area contributed by atoms with E-state index in [1.54, 1.807) is 0 Å². The molecule has 68 heavy (non-hydrogen) atoms. The van der Waals surface area contributed by atoms with Crippen LogP contribution in [0.4, 0.5) is 0 Å². The number of phosphoric acid groups is 1. The SMILES string of the molecule is CCCCCCC/C=C\C/C=C\C/C=C\CCCCCCCCCCCCC(=O)OC(COC(=O)CCCCCCCCCCC/C=C\CCCCCCCC)COP(=O)([O-])OCC[N+](C)(C)C. The molecule has 0 aromatic rings. The molecule has 0 amide bonds. The van der Waals surface area contributed by atoms with Crippen molar-refractivity contribution in [2.24, 2.45) is 0 Å². The molecule has 0 aliphatic heterocycles. The highest BCUT2D eigenvalue weighted by atomic mass is 31.2. The number of hydrogen-bond acceptors (Lipinski definition) is 8. The molecule has 2 atom stereocenters. The van der Waals surface area contributed by atoms with E-state index in [1.807, 2.05) is 21.1 Å². The van der Waals surface area contributed by atoms with Crippen LogP contribution in [0.25, 0.3) is 0 Å². The Morgan fingerprint density at radius 3 is 1.19 bits per heavy atom. The maximum Gasteiger partial charge on any atom is 0.306 e. The predicted molar refractivity (Wildman–Crippen MR) is 287 cm³/mol. The highest BCUT2D eigenvalue weighted by molar-refractivity contribution is 7.45. The normalized spacial score (nSPS) is 13.7. The van der Waals surface area contributed by atoms with Crippen molar-refractivity contribution in [1.29, 1.82) is 0 Å². The average molecular weight is 978 g/mol. The highest BCUT2D eigenvalue weighted by Gasteiger charge is 2.21. The third-order valence-corrected chi connectivity index (χ3v) is 13.3. The van der Waals surface area contributed by atoms with E-state index in [0.717, 1.165) is 57.8 Å². The molecule has 0 N–H and O–H groups in total. The van der Waals surface area contributed by atoms with Gasteiger partial charge in [0.25, 0.3) is 7.82 Å². The quantitative estimate of drug-likeness (QED) is 0.0195. The molecule has 0 radical (unpaired) electrons. The van der Waals surface area contributed by atoms with Crippen molar-refractivity contribution < 1.29 is 42.1 Å². The molecule has 0 aromatic carbocycles. The fourth-order valence-electron chi connectivity index (χ4n) is 7.89. The number of nitrogens with zero attached hydrogens (tertiary/aromatic N) is 1. The Balaban J connectivity index is 4.19. The van der Waals surface area contributed by atoms with Gasteiger partial charge < -0.3 is 27.9 Å². The molecule has 0 bridgehead atoms. The Morgan fingerprint density at radius 1 is 0.456 bits per heavy atom. The molecule has 0 aliphatic rings. The van der Waals surface area contributed by atoms with E-state index in [0.29, 0.717) is 17.4 Å². The summed E-state index contributed by atoms with van der Waals surface area (Å²) in [5.74, 6) is -0.833. The molecule has 9 nitrogen and oxygen atoms in total. The van der Waals surface area contributed by atoms with Gasteiger partial charge in [-0.2, -0.15) is 0 Å². The standard InChI is InChI=1S/C58H108NO8P/c1-6-8-10-12-14-16-18-20-22-24-26-27-28-29-30-31-33-35-37-39-41-43-45-47-49-51-58(61)67-56(55-66-68(62,63)65-53-52-59(3,4)5)54-64-57(60)50-48-46-44-42-40-38-36-34-32-25-23-21-19-17-15-13-11-9-7-2/h18,20-21,23-24,26,28-29,56H,6-17,19,22,25,27,30-55H2,1-5H3/b20-18-,23-21-,26-24-,29-28-. The average Bonchev–Trinajstić information content (AvgIpc) is 3.30. The topological polar surface area (TPSA) is 111 Å². The van der Waals surface area contributed by atoms with Crippen molar-refractivity contribution in [3.63, 3.8) is 0 Å². The molecule has 398 valence electrons. The molecule has 0 spiro atoms. The number of quaternary nitrogens is 1. The first-order valence-electron chi connectivity index (χ1n) is 28.3. The van der Waals surface area contributed by atoms with E-state index >= 15 is 0 Å². The minimum absolute atomic E-state index is 0.0324. The molecule has 0 saturated carbocycles. The van der Waals surface area contributed by atoms with Gasteiger partial charge in [0.05, 0.1) is 27.7 Å². The second kappa shape index (κ2) is 49.9. The minimum atomic E-state index is -4.64. The summed E-state index contributed by atoms with van der Waals surface area (Å²) in [6.45, 7) is 4.24. The third kappa shape index (κ3) is 53.3.